The van der Waals surface area contributed by atoms with Gasteiger partial charge in [0.15, 0.2) is 5.82 Å². The molecule has 2 fully saturated rings. The van der Waals surface area contributed by atoms with Crippen LogP contribution in [0, 0.1) is 5.92 Å². The third-order valence-corrected chi connectivity index (χ3v) is 5.31. The lowest BCUT2D eigenvalue weighted by Gasteiger charge is -2.36. The Balaban J connectivity index is 1.46. The summed E-state index contributed by atoms with van der Waals surface area (Å²) in [4.78, 5) is 38.1. The monoisotopic (exact) mass is 380 g/mol. The molecule has 1 aromatic carbocycles. The predicted molar refractivity (Wildman–Crippen MR) is 103 cm³/mol. The summed E-state index contributed by atoms with van der Waals surface area (Å²) in [6.45, 7) is 3.62. The minimum absolute atomic E-state index is 0.0442. The third kappa shape index (κ3) is 4.04. The number of nitrogens with zero attached hydrogens (tertiary/aromatic N) is 4. The summed E-state index contributed by atoms with van der Waals surface area (Å²) in [6.07, 6.45) is 5.04. The van der Waals surface area contributed by atoms with Crippen LogP contribution in [0.1, 0.15) is 23.2 Å². The summed E-state index contributed by atoms with van der Waals surface area (Å²) in [5.41, 5.74) is 1.41. The van der Waals surface area contributed by atoms with Gasteiger partial charge in [0.1, 0.15) is 0 Å². The molecule has 0 N–H and O–H groups in total. The molecule has 0 saturated carbocycles. The van der Waals surface area contributed by atoms with Gasteiger partial charge in [-0.05, 0) is 31.0 Å². The van der Waals surface area contributed by atoms with E-state index in [1.54, 1.807) is 23.4 Å². The number of rotatable bonds is 3. The molecule has 0 spiro atoms. The zero-order chi connectivity index (χ0) is 19.3. The molecule has 0 unspecified atom stereocenters. The Bertz CT molecular complexity index is 837. The van der Waals surface area contributed by atoms with Crippen molar-refractivity contribution in [3.05, 3.63) is 48.3 Å². The molecule has 1 aromatic heterocycles. The average molecular weight is 380 g/mol. The molecule has 2 aliphatic heterocycles. The number of piperidine rings is 1. The molecule has 0 aliphatic carbocycles. The highest BCUT2D eigenvalue weighted by atomic mass is 16.5. The van der Waals surface area contributed by atoms with Gasteiger partial charge in [-0.25, -0.2) is 9.97 Å². The minimum Gasteiger partial charge on any atom is -0.378 e. The van der Waals surface area contributed by atoms with Crippen LogP contribution in [0.15, 0.2) is 42.7 Å². The van der Waals surface area contributed by atoms with Gasteiger partial charge in [0.25, 0.3) is 5.91 Å². The van der Waals surface area contributed by atoms with Gasteiger partial charge in [0.2, 0.25) is 5.91 Å². The first-order valence-electron chi connectivity index (χ1n) is 9.75. The molecule has 1 atom stereocenters. The molecule has 2 saturated heterocycles. The van der Waals surface area contributed by atoms with E-state index in [2.05, 4.69) is 9.97 Å². The minimum atomic E-state index is -0.128. The van der Waals surface area contributed by atoms with Gasteiger partial charge in [-0.3, -0.25) is 9.59 Å². The van der Waals surface area contributed by atoms with Gasteiger partial charge >= 0.3 is 0 Å². The Morgan fingerprint density at radius 2 is 1.79 bits per heavy atom. The van der Waals surface area contributed by atoms with Gasteiger partial charge in [-0.1, -0.05) is 12.1 Å². The van der Waals surface area contributed by atoms with Crippen LogP contribution in [-0.4, -0.2) is 71.0 Å². The Morgan fingerprint density at radius 3 is 2.57 bits per heavy atom. The maximum Gasteiger partial charge on any atom is 0.253 e. The van der Waals surface area contributed by atoms with Gasteiger partial charge in [-0.2, -0.15) is 0 Å². The van der Waals surface area contributed by atoms with E-state index < -0.39 is 0 Å². The summed E-state index contributed by atoms with van der Waals surface area (Å²) in [5.74, 6) is 0.567. The fourth-order valence-corrected chi connectivity index (χ4v) is 3.83. The molecule has 7 heteroatoms. The summed E-state index contributed by atoms with van der Waals surface area (Å²) in [6, 6.07) is 9.14. The predicted octanol–water partition coefficient (Wildman–Crippen LogP) is 1.85. The summed E-state index contributed by atoms with van der Waals surface area (Å²) < 4.78 is 5.33. The zero-order valence-electron chi connectivity index (χ0n) is 15.8. The quantitative estimate of drug-likeness (QED) is 0.812. The van der Waals surface area contributed by atoms with Crippen LogP contribution < -0.4 is 0 Å². The summed E-state index contributed by atoms with van der Waals surface area (Å²) in [7, 11) is 0. The maximum atomic E-state index is 13.1. The van der Waals surface area contributed by atoms with Crippen LogP contribution in [0.2, 0.25) is 0 Å². The molecule has 2 amide bonds. The van der Waals surface area contributed by atoms with Crippen LogP contribution >= 0.6 is 0 Å². The molecule has 146 valence electrons. The van der Waals surface area contributed by atoms with Crippen LogP contribution in [0.4, 0.5) is 0 Å². The van der Waals surface area contributed by atoms with E-state index in [0.717, 1.165) is 18.4 Å². The van der Waals surface area contributed by atoms with Crippen molar-refractivity contribution >= 4 is 11.8 Å². The number of aromatic nitrogens is 2. The lowest BCUT2D eigenvalue weighted by atomic mass is 9.95. The molecular formula is C21H24N4O3. The van der Waals surface area contributed by atoms with Crippen LogP contribution in [-0.2, 0) is 9.53 Å². The number of likely N-dealkylation sites (tertiary alicyclic amines) is 1. The average Bonchev–Trinajstić information content (AvgIpc) is 2.79. The molecule has 3 heterocycles. The van der Waals surface area contributed by atoms with E-state index in [4.69, 9.17) is 4.74 Å². The summed E-state index contributed by atoms with van der Waals surface area (Å²) >= 11 is 0. The van der Waals surface area contributed by atoms with Gasteiger partial charge in [-0.15, -0.1) is 0 Å². The van der Waals surface area contributed by atoms with Crippen molar-refractivity contribution in [2.75, 3.05) is 39.4 Å². The second-order valence-corrected chi connectivity index (χ2v) is 7.18. The van der Waals surface area contributed by atoms with E-state index in [1.165, 1.54) is 0 Å². The van der Waals surface area contributed by atoms with Gasteiger partial charge in [0, 0.05) is 49.7 Å². The third-order valence-electron chi connectivity index (χ3n) is 5.31. The number of amides is 2. The number of benzene rings is 1. The molecule has 28 heavy (non-hydrogen) atoms. The molecule has 2 aromatic rings. The first kappa shape index (κ1) is 18.6. The Kier molecular flexibility index (Phi) is 5.62. The molecular weight excluding hydrogens is 356 g/mol. The van der Waals surface area contributed by atoms with Crippen molar-refractivity contribution in [1.29, 1.82) is 0 Å². The van der Waals surface area contributed by atoms with Crippen molar-refractivity contribution in [3.8, 4) is 11.4 Å². The maximum absolute atomic E-state index is 13.1. The number of ether oxygens (including phenoxy) is 1. The van der Waals surface area contributed by atoms with Gasteiger partial charge in [0.05, 0.1) is 19.1 Å². The van der Waals surface area contributed by atoms with Crippen molar-refractivity contribution < 1.29 is 14.3 Å². The van der Waals surface area contributed by atoms with Crippen LogP contribution in [0.3, 0.4) is 0 Å². The first-order chi connectivity index (χ1) is 13.7. The SMILES string of the molecule is O=C(c1cccc(-c2ncccn2)c1)N1CCC[C@H](C(=O)N2CCOCC2)C1. The molecule has 0 radical (unpaired) electrons. The number of hydrogen-bond donors (Lipinski definition) is 0. The summed E-state index contributed by atoms with van der Waals surface area (Å²) in [5, 5.41) is 0. The topological polar surface area (TPSA) is 75.6 Å². The number of hydrogen-bond acceptors (Lipinski definition) is 5. The number of carbonyl (C=O) groups is 2. The fourth-order valence-electron chi connectivity index (χ4n) is 3.83. The lowest BCUT2D eigenvalue weighted by Crippen LogP contribution is -2.49. The largest absolute Gasteiger partial charge is 0.378 e. The van der Waals surface area contributed by atoms with E-state index in [0.29, 0.717) is 50.8 Å². The van der Waals surface area contributed by atoms with Crippen molar-refractivity contribution in [3.63, 3.8) is 0 Å². The van der Waals surface area contributed by atoms with E-state index in [9.17, 15) is 9.59 Å². The van der Waals surface area contributed by atoms with E-state index in [-0.39, 0.29) is 17.7 Å². The normalized spacial score (nSPS) is 20.1. The number of carbonyl (C=O) groups excluding carboxylic acids is 2. The Labute approximate surface area is 164 Å². The highest BCUT2D eigenvalue weighted by Crippen LogP contribution is 2.23. The van der Waals surface area contributed by atoms with E-state index >= 15 is 0 Å². The molecule has 7 nitrogen and oxygen atoms in total. The molecule has 2 aliphatic rings. The van der Waals surface area contributed by atoms with Crippen LogP contribution in [0.25, 0.3) is 11.4 Å². The van der Waals surface area contributed by atoms with Crippen molar-refractivity contribution in [2.45, 2.75) is 12.8 Å². The molecule has 4 rings (SSSR count). The second-order valence-electron chi connectivity index (χ2n) is 7.18. The van der Waals surface area contributed by atoms with E-state index in [1.807, 2.05) is 29.2 Å². The fraction of sp³-hybridized carbons (Fsp3) is 0.429. The Morgan fingerprint density at radius 1 is 1.00 bits per heavy atom. The molecule has 0 bridgehead atoms. The highest BCUT2D eigenvalue weighted by Gasteiger charge is 2.32. The lowest BCUT2D eigenvalue weighted by molar-refractivity contribution is -0.141. The van der Waals surface area contributed by atoms with Gasteiger partial charge < -0.3 is 14.5 Å². The highest BCUT2D eigenvalue weighted by molar-refractivity contribution is 5.95. The second kappa shape index (κ2) is 8.48. The van der Waals surface area contributed by atoms with Crippen molar-refractivity contribution in [1.82, 2.24) is 19.8 Å². The smallest absolute Gasteiger partial charge is 0.253 e. The standard InChI is InChI=1S/C21H24N4O3/c26-20(17-5-1-4-16(14-17)19-22-7-3-8-23-19)25-9-2-6-18(15-25)21(27)24-10-12-28-13-11-24/h1,3-5,7-8,14,18H,2,6,9-13,15H2/t18-/m0/s1. The zero-order valence-corrected chi connectivity index (χ0v) is 15.8. The van der Waals surface area contributed by atoms with Crippen molar-refractivity contribution in [2.24, 2.45) is 5.92 Å². The Hall–Kier alpha value is -2.80. The first-order valence-corrected chi connectivity index (χ1v) is 9.75. The number of morpholine rings is 1. The van der Waals surface area contributed by atoms with Crippen LogP contribution in [0.5, 0.6) is 0 Å².